The molecule has 2 N–H and O–H groups in total. The molecule has 248 valence electrons. The molecule has 0 radical (unpaired) electrons. The summed E-state index contributed by atoms with van der Waals surface area (Å²) in [5, 5.41) is 13.6. The van der Waals surface area contributed by atoms with Crippen LogP contribution < -0.4 is 5.32 Å². The van der Waals surface area contributed by atoms with Gasteiger partial charge in [0.15, 0.2) is 5.82 Å². The molecular weight excluding hydrogens is 591 g/mol. The molecule has 1 aliphatic heterocycles. The smallest absolute Gasteiger partial charge is 0.410 e. The Balaban J connectivity index is 1.49. The number of aromatic nitrogens is 3. The molecule has 13 heteroatoms. The van der Waals surface area contributed by atoms with Crippen LogP contribution in [0.3, 0.4) is 0 Å². The SMILES string of the molecule is Cc1nc(-c2ccc(C)c(NCC(=O)N(CCN(C(=O)OC(C)(C)C)C(C)C)CC(=O)N(C)N3Cc4ccc(F)cc4C3)c2)n[nH]1. The van der Waals surface area contributed by atoms with E-state index in [-0.39, 0.29) is 49.9 Å². The number of likely N-dealkylation sites (N-methyl/N-ethyl adjacent to an activating group) is 1. The molecule has 0 fully saturated rings. The normalized spacial score (nSPS) is 13.0. The molecular formula is C33H45FN8O4. The Morgan fingerprint density at radius 2 is 1.76 bits per heavy atom. The van der Waals surface area contributed by atoms with Crippen molar-refractivity contribution in [1.29, 1.82) is 0 Å². The van der Waals surface area contributed by atoms with E-state index >= 15 is 0 Å². The van der Waals surface area contributed by atoms with Gasteiger partial charge in [0.05, 0.1) is 6.54 Å². The van der Waals surface area contributed by atoms with Crippen molar-refractivity contribution in [3.8, 4) is 11.4 Å². The van der Waals surface area contributed by atoms with E-state index in [0.717, 1.165) is 27.9 Å². The molecule has 3 amide bonds. The number of carbonyl (C=O) groups excluding carboxylic acids is 3. The second-order valence-electron chi connectivity index (χ2n) is 12.9. The largest absolute Gasteiger partial charge is 0.444 e. The monoisotopic (exact) mass is 636 g/mol. The lowest BCUT2D eigenvalue weighted by Gasteiger charge is -2.33. The lowest BCUT2D eigenvalue weighted by molar-refractivity contribution is -0.151. The number of H-pyrrole nitrogens is 1. The van der Waals surface area contributed by atoms with E-state index in [1.54, 1.807) is 38.8 Å². The minimum absolute atomic E-state index is 0.0865. The highest BCUT2D eigenvalue weighted by Gasteiger charge is 2.29. The number of aromatic amines is 1. The summed E-state index contributed by atoms with van der Waals surface area (Å²) in [7, 11) is 1.65. The number of nitrogens with zero attached hydrogens (tertiary/aromatic N) is 6. The van der Waals surface area contributed by atoms with Gasteiger partial charge < -0.3 is 19.9 Å². The van der Waals surface area contributed by atoms with E-state index in [2.05, 4.69) is 20.5 Å². The Kier molecular flexibility index (Phi) is 10.7. The van der Waals surface area contributed by atoms with Gasteiger partial charge >= 0.3 is 6.09 Å². The van der Waals surface area contributed by atoms with Gasteiger partial charge in [0, 0.05) is 50.5 Å². The maximum atomic E-state index is 13.8. The Morgan fingerprint density at radius 1 is 1.04 bits per heavy atom. The zero-order chi connectivity index (χ0) is 33.8. The summed E-state index contributed by atoms with van der Waals surface area (Å²) >= 11 is 0. The van der Waals surface area contributed by atoms with Crippen LogP contribution in [0.1, 0.15) is 57.1 Å². The number of rotatable bonds is 11. The Morgan fingerprint density at radius 3 is 2.41 bits per heavy atom. The number of ether oxygens (including phenoxy) is 1. The molecule has 4 rings (SSSR count). The van der Waals surface area contributed by atoms with Gasteiger partial charge in [-0.25, -0.2) is 19.2 Å². The molecule has 0 aliphatic carbocycles. The van der Waals surface area contributed by atoms with E-state index in [1.165, 1.54) is 22.0 Å². The first kappa shape index (κ1) is 34.4. The van der Waals surface area contributed by atoms with Crippen molar-refractivity contribution in [1.82, 2.24) is 35.0 Å². The third-order valence-electron chi connectivity index (χ3n) is 7.72. The number of aryl methyl sites for hydroxylation is 2. The van der Waals surface area contributed by atoms with Crippen LogP contribution in [0.15, 0.2) is 36.4 Å². The Hall–Kier alpha value is -4.52. The highest BCUT2D eigenvalue weighted by Crippen LogP contribution is 2.25. The molecule has 0 bridgehead atoms. The molecule has 46 heavy (non-hydrogen) atoms. The van der Waals surface area contributed by atoms with Gasteiger partial charge in [0.25, 0.3) is 5.91 Å². The Bertz CT molecular complexity index is 1570. The molecule has 3 aromatic rings. The second-order valence-corrected chi connectivity index (χ2v) is 12.9. The second kappa shape index (κ2) is 14.3. The lowest BCUT2D eigenvalue weighted by atomic mass is 10.1. The predicted molar refractivity (Wildman–Crippen MR) is 173 cm³/mol. The van der Waals surface area contributed by atoms with Crippen molar-refractivity contribution in [2.75, 3.05) is 38.5 Å². The van der Waals surface area contributed by atoms with E-state index in [4.69, 9.17) is 4.74 Å². The molecule has 1 aromatic heterocycles. The number of hydrazine groups is 1. The summed E-state index contributed by atoms with van der Waals surface area (Å²) < 4.78 is 19.4. The molecule has 0 unspecified atom stereocenters. The number of hydrogen-bond acceptors (Lipinski definition) is 8. The summed E-state index contributed by atoms with van der Waals surface area (Å²) in [5.41, 5.74) is 3.52. The van der Waals surface area contributed by atoms with Crippen LogP contribution in [0.25, 0.3) is 11.4 Å². The van der Waals surface area contributed by atoms with Gasteiger partial charge in [-0.15, -0.1) is 0 Å². The number of halogens is 1. The van der Waals surface area contributed by atoms with Crippen molar-refractivity contribution in [2.45, 2.75) is 73.2 Å². The number of hydrogen-bond donors (Lipinski definition) is 2. The zero-order valence-corrected chi connectivity index (χ0v) is 28.0. The average Bonchev–Trinajstić information content (AvgIpc) is 3.60. The van der Waals surface area contributed by atoms with Gasteiger partial charge in [-0.2, -0.15) is 5.10 Å². The topological polar surface area (TPSA) is 127 Å². The Labute approximate surface area is 269 Å². The first-order valence-electron chi connectivity index (χ1n) is 15.4. The standard InChI is InChI=1S/C33H45FN8O4/c1-21(2)42(32(45)46-33(5,6)7)14-13-40(20-30(44)39(8)41-18-25-11-12-27(34)15-26(25)19-41)29(43)17-35-28-16-24(10-9-22(28)3)31-36-23(4)37-38-31/h9-12,15-16,21,35H,13-14,17-20H2,1-8H3,(H,36,37,38). The van der Waals surface area contributed by atoms with Gasteiger partial charge in [-0.05, 0) is 83.4 Å². The van der Waals surface area contributed by atoms with Crippen molar-refractivity contribution in [3.63, 3.8) is 0 Å². The fraction of sp³-hybridized carbons (Fsp3) is 0.485. The van der Waals surface area contributed by atoms with Gasteiger partial charge in [0.1, 0.15) is 23.8 Å². The summed E-state index contributed by atoms with van der Waals surface area (Å²) in [5.74, 6) is 0.283. The highest BCUT2D eigenvalue weighted by atomic mass is 19.1. The average molecular weight is 637 g/mol. The summed E-state index contributed by atoms with van der Waals surface area (Å²) in [6.45, 7) is 13.7. The van der Waals surface area contributed by atoms with Crippen LogP contribution >= 0.6 is 0 Å². The van der Waals surface area contributed by atoms with Gasteiger partial charge in [-0.3, -0.25) is 19.7 Å². The fourth-order valence-electron chi connectivity index (χ4n) is 5.09. The van der Waals surface area contributed by atoms with Crippen LogP contribution in [-0.4, -0.2) is 97.8 Å². The number of fused-ring (bicyclic) bond motifs is 1. The minimum Gasteiger partial charge on any atom is -0.444 e. The summed E-state index contributed by atoms with van der Waals surface area (Å²) in [4.78, 5) is 47.7. The number of benzene rings is 2. The van der Waals surface area contributed by atoms with E-state index < -0.39 is 11.7 Å². The van der Waals surface area contributed by atoms with Crippen LogP contribution in [0.4, 0.5) is 14.9 Å². The molecule has 0 spiro atoms. The zero-order valence-electron chi connectivity index (χ0n) is 28.0. The predicted octanol–water partition coefficient (Wildman–Crippen LogP) is 4.50. The molecule has 0 atom stereocenters. The summed E-state index contributed by atoms with van der Waals surface area (Å²) in [6, 6.07) is 10.1. The number of nitrogens with one attached hydrogen (secondary N) is 2. The maximum Gasteiger partial charge on any atom is 0.410 e. The van der Waals surface area contributed by atoms with Gasteiger partial charge in [-0.1, -0.05) is 18.2 Å². The number of anilines is 1. The van der Waals surface area contributed by atoms with Gasteiger partial charge in [0.2, 0.25) is 5.91 Å². The highest BCUT2D eigenvalue weighted by molar-refractivity contribution is 5.87. The van der Waals surface area contributed by atoms with Crippen LogP contribution in [0.2, 0.25) is 0 Å². The van der Waals surface area contributed by atoms with Crippen LogP contribution in [0.5, 0.6) is 0 Å². The maximum absolute atomic E-state index is 13.8. The third kappa shape index (κ3) is 8.81. The van der Waals surface area contributed by atoms with Crippen LogP contribution in [0, 0.1) is 19.7 Å². The quantitative estimate of drug-likeness (QED) is 0.315. The number of carbonyl (C=O) groups is 3. The number of amides is 3. The van der Waals surface area contributed by atoms with E-state index in [9.17, 15) is 18.8 Å². The molecule has 2 aromatic carbocycles. The van der Waals surface area contributed by atoms with Crippen molar-refractivity contribution < 1.29 is 23.5 Å². The van der Waals surface area contributed by atoms with E-state index in [1.807, 2.05) is 50.9 Å². The van der Waals surface area contributed by atoms with Crippen molar-refractivity contribution in [2.24, 2.45) is 0 Å². The third-order valence-corrected chi connectivity index (χ3v) is 7.72. The molecule has 12 nitrogen and oxygen atoms in total. The first-order chi connectivity index (χ1) is 21.6. The summed E-state index contributed by atoms with van der Waals surface area (Å²) in [6.07, 6.45) is -0.492. The van der Waals surface area contributed by atoms with Crippen LogP contribution in [-0.2, 0) is 27.4 Å². The first-order valence-corrected chi connectivity index (χ1v) is 15.4. The van der Waals surface area contributed by atoms with Crippen molar-refractivity contribution in [3.05, 3.63) is 64.7 Å². The lowest BCUT2D eigenvalue weighted by Crippen LogP contribution is -2.51. The fourth-order valence-corrected chi connectivity index (χ4v) is 5.09. The minimum atomic E-state index is -0.685. The van der Waals surface area contributed by atoms with Crippen molar-refractivity contribution >= 4 is 23.6 Å². The molecule has 0 saturated heterocycles. The molecule has 1 aliphatic rings. The molecule has 0 saturated carbocycles. The molecule has 2 heterocycles. The van der Waals surface area contributed by atoms with E-state index in [0.29, 0.717) is 24.7 Å².